The fourth-order valence-corrected chi connectivity index (χ4v) is 1.50. The van der Waals surface area contributed by atoms with Gasteiger partial charge in [0, 0.05) is 4.92 Å². The van der Waals surface area contributed by atoms with E-state index in [0.717, 1.165) is 7.11 Å². The first-order chi connectivity index (χ1) is 8.99. The number of methoxy groups -OCH3 is 2. The minimum atomic E-state index is -1.45. The summed E-state index contributed by atoms with van der Waals surface area (Å²) in [4.78, 5) is 32.5. The van der Waals surface area contributed by atoms with Gasteiger partial charge in [0.05, 0.1) is 26.2 Å². The van der Waals surface area contributed by atoms with Crippen LogP contribution < -0.4 is 0 Å². The molecule has 0 spiro atoms. The van der Waals surface area contributed by atoms with E-state index < -0.39 is 22.9 Å². The molecule has 0 heterocycles. The standard InChI is InChI=1S/C12H13NO6/c1-18-11(14)9-5-3-8(4-6-9)7-10(13(16)17)12(15)19-2/h3-6,10H,7H2,1-2H3. The third-order valence-corrected chi connectivity index (χ3v) is 2.53. The van der Waals surface area contributed by atoms with Gasteiger partial charge in [0.1, 0.15) is 0 Å². The molecule has 0 fully saturated rings. The van der Waals surface area contributed by atoms with Crippen LogP contribution in [0.5, 0.6) is 0 Å². The van der Waals surface area contributed by atoms with E-state index in [-0.39, 0.29) is 6.42 Å². The van der Waals surface area contributed by atoms with Crippen molar-refractivity contribution in [1.29, 1.82) is 0 Å². The van der Waals surface area contributed by atoms with Crippen LogP contribution in [0.2, 0.25) is 0 Å². The molecule has 0 bridgehead atoms. The number of esters is 2. The molecule has 0 aliphatic heterocycles. The quantitative estimate of drug-likeness (QED) is 0.445. The SMILES string of the molecule is COC(=O)c1ccc(CC(C(=O)OC)[N+](=O)[O-])cc1. The Hall–Kier alpha value is -2.44. The highest BCUT2D eigenvalue weighted by atomic mass is 16.6. The van der Waals surface area contributed by atoms with Gasteiger partial charge in [-0.25, -0.2) is 9.59 Å². The van der Waals surface area contributed by atoms with Crippen molar-refractivity contribution in [2.45, 2.75) is 12.5 Å². The predicted octanol–water partition coefficient (Wildman–Crippen LogP) is 0.834. The second kappa shape index (κ2) is 6.48. The molecule has 0 saturated heterocycles. The van der Waals surface area contributed by atoms with Crippen molar-refractivity contribution < 1.29 is 24.0 Å². The lowest BCUT2D eigenvalue weighted by Gasteiger charge is -2.07. The van der Waals surface area contributed by atoms with Gasteiger partial charge in [-0.3, -0.25) is 10.1 Å². The van der Waals surface area contributed by atoms with Crippen molar-refractivity contribution in [3.05, 3.63) is 45.5 Å². The summed E-state index contributed by atoms with van der Waals surface area (Å²) in [5.41, 5.74) is 0.890. The number of ether oxygens (including phenoxy) is 2. The fourth-order valence-electron chi connectivity index (χ4n) is 1.50. The Labute approximate surface area is 109 Å². The molecule has 1 aromatic rings. The first kappa shape index (κ1) is 14.6. The topological polar surface area (TPSA) is 95.7 Å². The van der Waals surface area contributed by atoms with Crippen molar-refractivity contribution >= 4 is 11.9 Å². The number of hydrogen-bond donors (Lipinski definition) is 0. The Balaban J connectivity index is 2.84. The summed E-state index contributed by atoms with van der Waals surface area (Å²) in [5, 5.41) is 10.8. The molecule has 0 aromatic heterocycles. The summed E-state index contributed by atoms with van der Waals surface area (Å²) in [7, 11) is 2.36. The molecule has 1 unspecified atom stereocenters. The summed E-state index contributed by atoms with van der Waals surface area (Å²) in [6, 6.07) is 4.58. The number of hydrogen-bond acceptors (Lipinski definition) is 6. The second-order valence-electron chi connectivity index (χ2n) is 3.72. The van der Waals surface area contributed by atoms with Crippen LogP contribution in [0.25, 0.3) is 0 Å². The molecule has 7 nitrogen and oxygen atoms in total. The highest BCUT2D eigenvalue weighted by Gasteiger charge is 2.30. The number of nitrogens with zero attached hydrogens (tertiary/aromatic N) is 1. The number of carbonyl (C=O) groups is 2. The first-order valence-corrected chi connectivity index (χ1v) is 5.38. The largest absolute Gasteiger partial charge is 0.465 e. The van der Waals surface area contributed by atoms with Crippen molar-refractivity contribution in [3.8, 4) is 0 Å². The van der Waals surface area contributed by atoms with E-state index in [9.17, 15) is 19.7 Å². The van der Waals surface area contributed by atoms with Gasteiger partial charge in [-0.05, 0) is 17.7 Å². The van der Waals surface area contributed by atoms with Gasteiger partial charge in [0.15, 0.2) is 0 Å². The van der Waals surface area contributed by atoms with Crippen LogP contribution >= 0.6 is 0 Å². The summed E-state index contributed by atoms with van der Waals surface area (Å²) < 4.78 is 8.90. The van der Waals surface area contributed by atoms with Crippen molar-refractivity contribution in [2.24, 2.45) is 0 Å². The Morgan fingerprint density at radius 1 is 1.21 bits per heavy atom. The lowest BCUT2D eigenvalue weighted by molar-refractivity contribution is -0.509. The zero-order chi connectivity index (χ0) is 14.4. The van der Waals surface area contributed by atoms with E-state index in [2.05, 4.69) is 9.47 Å². The lowest BCUT2D eigenvalue weighted by Crippen LogP contribution is -2.32. The maximum atomic E-state index is 11.2. The number of rotatable bonds is 5. The number of carbonyl (C=O) groups excluding carboxylic acids is 2. The van der Waals surface area contributed by atoms with Crippen molar-refractivity contribution in [1.82, 2.24) is 0 Å². The minimum Gasteiger partial charge on any atom is -0.465 e. The van der Waals surface area contributed by atoms with Crippen LogP contribution in [-0.4, -0.2) is 37.1 Å². The Kier molecular flexibility index (Phi) is 4.99. The molecule has 19 heavy (non-hydrogen) atoms. The van der Waals surface area contributed by atoms with E-state index in [1.807, 2.05) is 0 Å². The van der Waals surface area contributed by atoms with E-state index in [1.165, 1.54) is 31.4 Å². The lowest BCUT2D eigenvalue weighted by atomic mass is 10.0. The Morgan fingerprint density at radius 3 is 2.21 bits per heavy atom. The number of nitro groups is 1. The van der Waals surface area contributed by atoms with Gasteiger partial charge >= 0.3 is 18.0 Å². The van der Waals surface area contributed by atoms with Crippen LogP contribution in [0.4, 0.5) is 0 Å². The third kappa shape index (κ3) is 3.77. The van der Waals surface area contributed by atoms with Crippen LogP contribution in [0.1, 0.15) is 15.9 Å². The van der Waals surface area contributed by atoms with Gasteiger partial charge in [0.25, 0.3) is 0 Å². The summed E-state index contributed by atoms with van der Waals surface area (Å²) >= 11 is 0. The molecule has 1 atom stereocenters. The fraction of sp³-hybridized carbons (Fsp3) is 0.333. The minimum absolute atomic E-state index is 0.0961. The van der Waals surface area contributed by atoms with E-state index in [1.54, 1.807) is 0 Å². The summed E-state index contributed by atoms with van der Waals surface area (Å²) in [6.07, 6.45) is -0.0961. The summed E-state index contributed by atoms with van der Waals surface area (Å²) in [6.45, 7) is 0. The molecular weight excluding hydrogens is 254 g/mol. The van der Waals surface area contributed by atoms with E-state index in [4.69, 9.17) is 0 Å². The molecule has 0 aliphatic carbocycles. The average molecular weight is 267 g/mol. The highest BCUT2D eigenvalue weighted by Crippen LogP contribution is 2.10. The molecule has 0 amide bonds. The molecule has 1 aromatic carbocycles. The predicted molar refractivity (Wildman–Crippen MR) is 64.3 cm³/mol. The molecule has 102 valence electrons. The number of benzene rings is 1. The molecular formula is C12H13NO6. The third-order valence-electron chi connectivity index (χ3n) is 2.53. The molecule has 7 heteroatoms. The van der Waals surface area contributed by atoms with Crippen LogP contribution in [0, 0.1) is 10.1 Å². The maximum Gasteiger partial charge on any atom is 0.381 e. The summed E-state index contributed by atoms with van der Waals surface area (Å²) in [5.74, 6) is -1.40. The van der Waals surface area contributed by atoms with E-state index >= 15 is 0 Å². The Bertz CT molecular complexity index is 481. The normalized spacial score (nSPS) is 11.5. The highest BCUT2D eigenvalue weighted by molar-refractivity contribution is 5.89. The molecule has 0 N–H and O–H groups in total. The van der Waals surface area contributed by atoms with Crippen molar-refractivity contribution in [3.63, 3.8) is 0 Å². The molecule has 1 rings (SSSR count). The molecule has 0 aliphatic rings. The molecule has 0 saturated carbocycles. The maximum absolute atomic E-state index is 11.2. The van der Waals surface area contributed by atoms with Gasteiger partial charge in [-0.2, -0.15) is 0 Å². The van der Waals surface area contributed by atoms with Crippen LogP contribution in [0.15, 0.2) is 24.3 Å². The average Bonchev–Trinajstić information content (AvgIpc) is 2.43. The van der Waals surface area contributed by atoms with Crippen molar-refractivity contribution in [2.75, 3.05) is 14.2 Å². The zero-order valence-electron chi connectivity index (χ0n) is 10.5. The van der Waals surface area contributed by atoms with Crippen LogP contribution in [0.3, 0.4) is 0 Å². The van der Waals surface area contributed by atoms with Gasteiger partial charge in [-0.1, -0.05) is 12.1 Å². The van der Waals surface area contributed by atoms with Gasteiger partial charge in [-0.15, -0.1) is 0 Å². The van der Waals surface area contributed by atoms with Crippen LogP contribution in [-0.2, 0) is 20.7 Å². The monoisotopic (exact) mass is 267 g/mol. The molecule has 0 radical (unpaired) electrons. The second-order valence-corrected chi connectivity index (χ2v) is 3.72. The Morgan fingerprint density at radius 2 is 1.79 bits per heavy atom. The smallest absolute Gasteiger partial charge is 0.381 e. The first-order valence-electron chi connectivity index (χ1n) is 5.38. The van der Waals surface area contributed by atoms with Gasteiger partial charge in [0.2, 0.25) is 0 Å². The van der Waals surface area contributed by atoms with Gasteiger partial charge < -0.3 is 9.47 Å². The zero-order valence-corrected chi connectivity index (χ0v) is 10.5. The van der Waals surface area contributed by atoms with E-state index in [0.29, 0.717) is 11.1 Å².